The summed E-state index contributed by atoms with van der Waals surface area (Å²) in [5.41, 5.74) is 3.57. The number of methoxy groups -OCH3 is 3. The second-order valence-electron chi connectivity index (χ2n) is 9.37. The molecule has 1 N–H and O–H groups in total. The Balaban J connectivity index is 1.64. The van der Waals surface area contributed by atoms with Gasteiger partial charge >= 0.3 is 11.9 Å². The van der Waals surface area contributed by atoms with Crippen molar-refractivity contribution in [2.75, 3.05) is 39.0 Å². The van der Waals surface area contributed by atoms with Gasteiger partial charge < -0.3 is 24.3 Å². The van der Waals surface area contributed by atoms with Crippen molar-refractivity contribution in [3.8, 4) is 40.0 Å². The van der Waals surface area contributed by atoms with Gasteiger partial charge in [0.05, 0.1) is 44.8 Å². The van der Waals surface area contributed by atoms with Crippen molar-refractivity contribution in [1.82, 2.24) is 4.98 Å². The number of rotatable bonds is 12. The molecule has 0 saturated heterocycles. The number of nitrogens with one attached hydrogen (secondary N) is 1. The Morgan fingerprint density at radius 1 is 1.00 bits per heavy atom. The van der Waals surface area contributed by atoms with Crippen molar-refractivity contribution in [3.05, 3.63) is 76.2 Å². The first-order valence-electron chi connectivity index (χ1n) is 13.8. The summed E-state index contributed by atoms with van der Waals surface area (Å²) in [6.45, 7) is 3.45. The lowest BCUT2D eigenvalue weighted by molar-refractivity contribution is -0.115. The van der Waals surface area contributed by atoms with Gasteiger partial charge in [0, 0.05) is 28.9 Å². The molecule has 0 aliphatic carbocycles. The predicted molar refractivity (Wildman–Crippen MR) is 173 cm³/mol. The maximum absolute atomic E-state index is 13.1. The highest BCUT2D eigenvalue weighted by Crippen LogP contribution is 2.42. The molecular formula is C33H31N3O7S2. The molecule has 0 aliphatic rings. The van der Waals surface area contributed by atoms with Crippen LogP contribution in [0.15, 0.2) is 59.6 Å². The van der Waals surface area contributed by atoms with E-state index in [9.17, 15) is 19.6 Å². The van der Waals surface area contributed by atoms with Gasteiger partial charge in [-0.15, -0.1) is 23.1 Å². The van der Waals surface area contributed by atoms with Gasteiger partial charge in [0.25, 0.3) is 0 Å². The van der Waals surface area contributed by atoms with Crippen LogP contribution in [0.25, 0.3) is 22.4 Å². The molecule has 0 aliphatic heterocycles. The molecular weight excluding hydrogens is 615 g/mol. The van der Waals surface area contributed by atoms with Gasteiger partial charge in [-0.2, -0.15) is 5.26 Å². The molecule has 0 spiro atoms. The molecule has 10 nitrogen and oxygen atoms in total. The second-order valence-corrected chi connectivity index (χ2v) is 11.5. The van der Waals surface area contributed by atoms with E-state index in [0.717, 1.165) is 16.9 Å². The van der Waals surface area contributed by atoms with Gasteiger partial charge in [0.1, 0.15) is 21.0 Å². The topological polar surface area (TPSA) is 137 Å². The molecule has 0 atom stereocenters. The molecule has 2 aromatic heterocycles. The van der Waals surface area contributed by atoms with Gasteiger partial charge in [-0.3, -0.25) is 4.79 Å². The molecule has 4 aromatic rings. The highest BCUT2D eigenvalue weighted by atomic mass is 32.2. The van der Waals surface area contributed by atoms with E-state index >= 15 is 0 Å². The monoisotopic (exact) mass is 645 g/mol. The number of esters is 2. The van der Waals surface area contributed by atoms with Crippen molar-refractivity contribution in [2.45, 2.75) is 25.3 Å². The van der Waals surface area contributed by atoms with Crippen LogP contribution in [0.5, 0.6) is 11.5 Å². The number of nitriles is 1. The summed E-state index contributed by atoms with van der Waals surface area (Å²) in [4.78, 5) is 43.0. The Kier molecular flexibility index (Phi) is 11.2. The third-order valence-electron chi connectivity index (χ3n) is 6.68. The van der Waals surface area contributed by atoms with Crippen LogP contribution in [-0.2, 0) is 14.3 Å². The largest absolute Gasteiger partial charge is 0.493 e. The highest BCUT2D eigenvalue weighted by Gasteiger charge is 2.27. The quantitative estimate of drug-likeness (QED) is 0.130. The van der Waals surface area contributed by atoms with E-state index in [4.69, 9.17) is 23.9 Å². The molecule has 232 valence electrons. The number of ether oxygens (including phenoxy) is 4. The number of anilines is 1. The molecule has 0 radical (unpaired) electrons. The van der Waals surface area contributed by atoms with Gasteiger partial charge in [0.2, 0.25) is 5.91 Å². The third-order valence-corrected chi connectivity index (χ3v) is 8.84. The van der Waals surface area contributed by atoms with Gasteiger partial charge in [-0.25, -0.2) is 14.6 Å². The number of thioether (sulfide) groups is 1. The van der Waals surface area contributed by atoms with E-state index in [2.05, 4.69) is 11.4 Å². The standard InChI is InChI=1S/C33H31N3O7S2/c1-6-43-33(39)29-19(2)27(32(38)42-5)31(45-29)36-26(37)15-16-44-30-23(18-34)22(17-24(35-30)20-11-8-7-9-12-20)21-13-10-14-25(40-3)28(21)41-4/h7-14,17H,6,15-16H2,1-5H3,(H,36,37). The number of hydrogen-bond donors (Lipinski definition) is 1. The molecule has 2 heterocycles. The first-order valence-corrected chi connectivity index (χ1v) is 15.6. The number of benzene rings is 2. The first kappa shape index (κ1) is 33.0. The number of aromatic nitrogens is 1. The highest BCUT2D eigenvalue weighted by molar-refractivity contribution is 7.99. The van der Waals surface area contributed by atoms with Gasteiger partial charge in [-0.05, 0) is 31.5 Å². The van der Waals surface area contributed by atoms with E-state index in [-0.39, 0.29) is 34.2 Å². The molecule has 4 rings (SSSR count). The summed E-state index contributed by atoms with van der Waals surface area (Å²) in [7, 11) is 4.31. The summed E-state index contributed by atoms with van der Waals surface area (Å²) in [6, 6.07) is 19.1. The van der Waals surface area contributed by atoms with Crippen molar-refractivity contribution >= 4 is 45.9 Å². The molecule has 2 aromatic carbocycles. The fraction of sp³-hybridized carbons (Fsp3) is 0.242. The van der Waals surface area contributed by atoms with Crippen LogP contribution in [0.4, 0.5) is 5.00 Å². The molecule has 0 fully saturated rings. The Labute approximate surface area is 269 Å². The van der Waals surface area contributed by atoms with Gasteiger partial charge in [-0.1, -0.05) is 42.5 Å². The fourth-order valence-electron chi connectivity index (χ4n) is 4.57. The SMILES string of the molecule is CCOC(=O)c1sc(NC(=O)CCSc2nc(-c3ccccc3)cc(-c3cccc(OC)c3OC)c2C#N)c(C(=O)OC)c1C. The van der Waals surface area contributed by atoms with Crippen LogP contribution in [0.3, 0.4) is 0 Å². The van der Waals surface area contributed by atoms with Crippen molar-refractivity contribution < 1.29 is 33.3 Å². The average molecular weight is 646 g/mol. The minimum Gasteiger partial charge on any atom is -0.493 e. The third kappa shape index (κ3) is 7.28. The molecule has 1 amide bonds. The van der Waals surface area contributed by atoms with Crippen LogP contribution in [0.1, 0.15) is 44.5 Å². The molecule has 0 unspecified atom stereocenters. The lowest BCUT2D eigenvalue weighted by Crippen LogP contribution is -2.14. The van der Waals surface area contributed by atoms with E-state index in [1.54, 1.807) is 27.0 Å². The molecule has 45 heavy (non-hydrogen) atoms. The molecule has 0 bridgehead atoms. The summed E-state index contributed by atoms with van der Waals surface area (Å²) < 4.78 is 21.2. The Bertz CT molecular complexity index is 1760. The van der Waals surface area contributed by atoms with Gasteiger partial charge in [0.15, 0.2) is 11.5 Å². The van der Waals surface area contributed by atoms with Crippen LogP contribution < -0.4 is 14.8 Å². The number of pyridine rings is 1. The number of carbonyl (C=O) groups excluding carboxylic acids is 3. The summed E-state index contributed by atoms with van der Waals surface area (Å²) in [5.74, 6) is -0.390. The number of amides is 1. The number of carbonyl (C=O) groups is 3. The van der Waals surface area contributed by atoms with Crippen LogP contribution in [0, 0.1) is 18.3 Å². The number of hydrogen-bond acceptors (Lipinski definition) is 11. The van der Waals surface area contributed by atoms with Crippen LogP contribution >= 0.6 is 23.1 Å². The van der Waals surface area contributed by atoms with E-state index in [1.165, 1.54) is 26.0 Å². The number of nitrogens with zero attached hydrogens (tertiary/aromatic N) is 2. The summed E-state index contributed by atoms with van der Waals surface area (Å²) in [6.07, 6.45) is 0.0247. The van der Waals surface area contributed by atoms with Crippen molar-refractivity contribution in [3.63, 3.8) is 0 Å². The second kappa shape index (κ2) is 15.2. The molecule has 12 heteroatoms. The minimum atomic E-state index is -0.676. The fourth-order valence-corrected chi connectivity index (χ4v) is 6.62. The smallest absolute Gasteiger partial charge is 0.348 e. The lowest BCUT2D eigenvalue weighted by atomic mass is 9.98. The zero-order valence-corrected chi connectivity index (χ0v) is 27.0. The average Bonchev–Trinajstić information content (AvgIpc) is 3.38. The maximum atomic E-state index is 13.1. The van der Waals surface area contributed by atoms with E-state index in [0.29, 0.717) is 44.5 Å². The Hall–Kier alpha value is -4.86. The summed E-state index contributed by atoms with van der Waals surface area (Å²) >= 11 is 2.21. The van der Waals surface area contributed by atoms with E-state index < -0.39 is 17.8 Å². The molecule has 0 saturated carbocycles. The Morgan fingerprint density at radius 2 is 1.76 bits per heavy atom. The van der Waals surface area contributed by atoms with Crippen molar-refractivity contribution in [2.24, 2.45) is 0 Å². The van der Waals surface area contributed by atoms with E-state index in [1.807, 2.05) is 48.5 Å². The normalized spacial score (nSPS) is 10.5. The maximum Gasteiger partial charge on any atom is 0.348 e. The zero-order valence-electron chi connectivity index (χ0n) is 25.4. The van der Waals surface area contributed by atoms with Crippen molar-refractivity contribution in [1.29, 1.82) is 5.26 Å². The van der Waals surface area contributed by atoms with Crippen LogP contribution in [0.2, 0.25) is 0 Å². The summed E-state index contributed by atoms with van der Waals surface area (Å²) in [5, 5.41) is 13.7. The number of para-hydroxylation sites is 1. The lowest BCUT2D eigenvalue weighted by Gasteiger charge is -2.16. The Morgan fingerprint density at radius 3 is 2.40 bits per heavy atom. The number of thiophene rings is 1. The zero-order chi connectivity index (χ0) is 32.5. The minimum absolute atomic E-state index is 0.0247. The van der Waals surface area contributed by atoms with Crippen LogP contribution in [-0.4, -0.2) is 56.5 Å². The first-order chi connectivity index (χ1) is 21.8. The predicted octanol–water partition coefficient (Wildman–Crippen LogP) is 6.76.